The number of rotatable bonds is 8. The minimum atomic E-state index is 0. The molecule has 2 aromatic rings. The third-order valence-corrected chi connectivity index (χ3v) is 6.16. The molecule has 1 aliphatic rings. The lowest BCUT2D eigenvalue weighted by molar-refractivity contribution is -0.110. The number of amides is 1. The first-order valence-electron chi connectivity index (χ1n) is 11.0. The molecule has 1 N–H and O–H groups in total. The minimum absolute atomic E-state index is 0. The van der Waals surface area contributed by atoms with Crippen LogP contribution < -0.4 is 5.32 Å². The fraction of sp³-hybridized carbons (Fsp3) is 0.500. The first-order valence-corrected chi connectivity index (χ1v) is 11.0. The van der Waals surface area contributed by atoms with Crippen LogP contribution in [0.25, 0.3) is 0 Å². The zero-order chi connectivity index (χ0) is 20.7. The van der Waals surface area contributed by atoms with Crippen LogP contribution in [-0.2, 0) is 23.1 Å². The maximum absolute atomic E-state index is 11.2. The summed E-state index contributed by atoms with van der Waals surface area (Å²) in [6.45, 7) is 9.88. The molecule has 3 nitrogen and oxygen atoms in total. The zero-order valence-electron chi connectivity index (χ0n) is 19.0. The van der Waals surface area contributed by atoms with Gasteiger partial charge >= 0.3 is 0 Å². The molecule has 31 heavy (non-hydrogen) atoms. The maximum Gasteiger partial charge on any atom is 0.207 e. The summed E-state index contributed by atoms with van der Waals surface area (Å²) in [6, 6.07) is 19.9. The van der Waals surface area contributed by atoms with Gasteiger partial charge in [0.05, 0.1) is 0 Å². The van der Waals surface area contributed by atoms with Gasteiger partial charge in [-0.3, -0.25) is 4.79 Å². The number of benzene rings is 2. The molecule has 172 valence electrons. The molecule has 1 atom stereocenters. The van der Waals surface area contributed by atoms with Crippen LogP contribution in [0.3, 0.4) is 0 Å². The fourth-order valence-corrected chi connectivity index (χ4v) is 4.33. The Labute approximate surface area is 200 Å². The Balaban J connectivity index is 0.00000240. The van der Waals surface area contributed by atoms with E-state index in [2.05, 4.69) is 85.6 Å². The average molecular weight is 466 g/mol. The first kappa shape index (κ1) is 27.5. The molecule has 0 saturated carbocycles. The lowest BCUT2D eigenvalue weighted by Crippen LogP contribution is -2.45. The van der Waals surface area contributed by atoms with E-state index in [0.29, 0.717) is 0 Å². The molecule has 1 unspecified atom stereocenters. The van der Waals surface area contributed by atoms with E-state index in [9.17, 15) is 4.79 Å². The summed E-state index contributed by atoms with van der Waals surface area (Å²) >= 11 is 0. The number of carbonyl (C=O) groups excluding carboxylic acids is 1. The summed E-state index contributed by atoms with van der Waals surface area (Å²) in [5.41, 5.74) is 4.26. The summed E-state index contributed by atoms with van der Waals surface area (Å²) in [5, 5.41) is 3.05. The molecule has 3 rings (SSSR count). The van der Waals surface area contributed by atoms with Crippen molar-refractivity contribution >= 4 is 31.2 Å². The van der Waals surface area contributed by atoms with Gasteiger partial charge in [0.15, 0.2) is 0 Å². The topological polar surface area (TPSA) is 32.3 Å². The molecule has 0 aromatic heterocycles. The van der Waals surface area contributed by atoms with E-state index in [1.807, 2.05) is 0 Å². The molecule has 1 saturated heterocycles. The Morgan fingerprint density at radius 2 is 1.58 bits per heavy atom. The second-order valence-electron chi connectivity index (χ2n) is 9.57. The second kappa shape index (κ2) is 13.1. The van der Waals surface area contributed by atoms with Gasteiger partial charge < -0.3 is 10.2 Å². The van der Waals surface area contributed by atoms with Gasteiger partial charge in [-0.1, -0.05) is 75.4 Å². The second-order valence-corrected chi connectivity index (χ2v) is 9.57. The third-order valence-electron chi connectivity index (χ3n) is 6.16. The Hall–Kier alpha value is -1.55. The molecule has 1 amide bonds. The number of piperidine rings is 1. The number of likely N-dealkylation sites (tertiary alicyclic amines) is 1. The summed E-state index contributed by atoms with van der Waals surface area (Å²) in [4.78, 5) is 13.7. The van der Waals surface area contributed by atoms with E-state index in [1.165, 1.54) is 36.0 Å². The molecule has 5 heteroatoms. The molecule has 1 heterocycles. The van der Waals surface area contributed by atoms with E-state index >= 15 is 0 Å². The summed E-state index contributed by atoms with van der Waals surface area (Å²) in [6.07, 6.45) is 5.40. The summed E-state index contributed by atoms with van der Waals surface area (Å²) in [7, 11) is 0. The molecular weight excluding hydrogens is 427 g/mol. The van der Waals surface area contributed by atoms with Crippen LogP contribution >= 0.6 is 24.8 Å². The van der Waals surface area contributed by atoms with Gasteiger partial charge in [-0.05, 0) is 66.8 Å². The maximum atomic E-state index is 11.2. The van der Waals surface area contributed by atoms with Crippen molar-refractivity contribution in [3.63, 3.8) is 0 Å². The molecule has 1 aliphatic heterocycles. The van der Waals surface area contributed by atoms with E-state index in [0.717, 1.165) is 38.4 Å². The SMILES string of the molecule is CC(C)(C)c1ccc(CC(CN2CCC(Cc3ccccc3)CC2)NC=O)cc1.Cl.Cl. The third kappa shape index (κ3) is 8.84. The van der Waals surface area contributed by atoms with Crippen LogP contribution in [0.1, 0.15) is 50.3 Å². The van der Waals surface area contributed by atoms with Gasteiger partial charge in [-0.25, -0.2) is 0 Å². The molecule has 0 bridgehead atoms. The van der Waals surface area contributed by atoms with Crippen LogP contribution in [-0.4, -0.2) is 37.0 Å². The van der Waals surface area contributed by atoms with Gasteiger partial charge in [0.25, 0.3) is 0 Å². The number of hydrogen-bond donors (Lipinski definition) is 1. The highest BCUT2D eigenvalue weighted by atomic mass is 35.5. The van der Waals surface area contributed by atoms with Crippen LogP contribution in [0.2, 0.25) is 0 Å². The molecule has 0 spiro atoms. The van der Waals surface area contributed by atoms with Crippen molar-refractivity contribution in [3.8, 4) is 0 Å². The quantitative estimate of drug-likeness (QED) is 0.527. The lowest BCUT2D eigenvalue weighted by atomic mass is 9.86. The van der Waals surface area contributed by atoms with Crippen molar-refractivity contribution in [1.29, 1.82) is 0 Å². The van der Waals surface area contributed by atoms with Crippen molar-refractivity contribution in [3.05, 3.63) is 71.3 Å². The van der Waals surface area contributed by atoms with Gasteiger partial charge in [0, 0.05) is 12.6 Å². The standard InChI is InChI=1S/C26H36N2O.2ClH/c1-26(2,3)24-11-9-22(10-12-24)18-25(27-20-29)19-28-15-13-23(14-16-28)17-21-7-5-4-6-8-21;;/h4-12,20,23,25H,13-19H2,1-3H3,(H,27,29);2*1H. The van der Waals surface area contributed by atoms with E-state index in [-0.39, 0.29) is 36.3 Å². The van der Waals surface area contributed by atoms with E-state index in [1.54, 1.807) is 0 Å². The smallest absolute Gasteiger partial charge is 0.207 e. The van der Waals surface area contributed by atoms with Gasteiger partial charge in [0.2, 0.25) is 6.41 Å². The number of nitrogens with one attached hydrogen (secondary N) is 1. The van der Waals surface area contributed by atoms with Crippen LogP contribution in [0.5, 0.6) is 0 Å². The largest absolute Gasteiger partial charge is 0.354 e. The van der Waals surface area contributed by atoms with Crippen molar-refractivity contribution < 1.29 is 4.79 Å². The predicted molar refractivity (Wildman–Crippen MR) is 136 cm³/mol. The van der Waals surface area contributed by atoms with E-state index < -0.39 is 0 Å². The Bertz CT molecular complexity index is 751. The van der Waals surface area contributed by atoms with Crippen LogP contribution in [0.4, 0.5) is 0 Å². The van der Waals surface area contributed by atoms with Crippen molar-refractivity contribution in [1.82, 2.24) is 10.2 Å². The molecule has 1 fully saturated rings. The van der Waals surface area contributed by atoms with Crippen molar-refractivity contribution in [2.75, 3.05) is 19.6 Å². The average Bonchev–Trinajstić information content (AvgIpc) is 2.70. The number of hydrogen-bond acceptors (Lipinski definition) is 2. The van der Waals surface area contributed by atoms with Crippen LogP contribution in [0.15, 0.2) is 54.6 Å². The number of carbonyl (C=O) groups is 1. The number of halogens is 2. The van der Waals surface area contributed by atoms with Crippen molar-refractivity contribution in [2.45, 2.75) is 57.9 Å². The molecule has 0 radical (unpaired) electrons. The minimum Gasteiger partial charge on any atom is -0.354 e. The van der Waals surface area contributed by atoms with Gasteiger partial charge in [0.1, 0.15) is 0 Å². The lowest BCUT2D eigenvalue weighted by Gasteiger charge is -2.34. The Kier molecular flexibility index (Phi) is 11.6. The van der Waals surface area contributed by atoms with E-state index in [4.69, 9.17) is 0 Å². The highest BCUT2D eigenvalue weighted by Crippen LogP contribution is 2.24. The first-order chi connectivity index (χ1) is 13.9. The summed E-state index contributed by atoms with van der Waals surface area (Å²) < 4.78 is 0. The molecular formula is C26H38Cl2N2O. The predicted octanol–water partition coefficient (Wildman–Crippen LogP) is 5.44. The van der Waals surface area contributed by atoms with Crippen LogP contribution in [0, 0.1) is 5.92 Å². The normalized spacial score (nSPS) is 16.0. The fourth-order valence-electron chi connectivity index (χ4n) is 4.33. The summed E-state index contributed by atoms with van der Waals surface area (Å²) in [5.74, 6) is 0.774. The molecule has 2 aromatic carbocycles. The number of nitrogens with zero attached hydrogens (tertiary/aromatic N) is 1. The van der Waals surface area contributed by atoms with Gasteiger partial charge in [-0.15, -0.1) is 24.8 Å². The van der Waals surface area contributed by atoms with Crippen molar-refractivity contribution in [2.24, 2.45) is 5.92 Å². The Morgan fingerprint density at radius 1 is 0.968 bits per heavy atom. The molecule has 0 aliphatic carbocycles. The van der Waals surface area contributed by atoms with Gasteiger partial charge in [-0.2, -0.15) is 0 Å². The zero-order valence-corrected chi connectivity index (χ0v) is 20.7. The highest BCUT2D eigenvalue weighted by molar-refractivity contribution is 5.85. The monoisotopic (exact) mass is 464 g/mol. The highest BCUT2D eigenvalue weighted by Gasteiger charge is 2.22. The Morgan fingerprint density at radius 3 is 2.13 bits per heavy atom.